The van der Waals surface area contributed by atoms with Gasteiger partial charge in [-0.05, 0) is 52.6 Å². The van der Waals surface area contributed by atoms with Gasteiger partial charge < -0.3 is 8.97 Å². The summed E-state index contributed by atoms with van der Waals surface area (Å²) in [6.45, 7) is 0. The molecule has 5 nitrogen and oxygen atoms in total. The van der Waals surface area contributed by atoms with Gasteiger partial charge >= 0.3 is 0 Å². The monoisotopic (exact) mass is 815 g/mol. The van der Waals surface area contributed by atoms with E-state index in [2.05, 4.69) is 167 Å². The molecule has 63 heavy (non-hydrogen) atoms. The molecule has 0 aliphatic heterocycles. The molecular weight excluding hydrogens is 787 g/mol. The Kier molecular flexibility index (Phi) is 5.88. The van der Waals surface area contributed by atoms with Crippen LogP contribution >= 0.6 is 11.3 Å². The third-order valence-electron chi connectivity index (χ3n) is 14.0. The number of aromatic nitrogens is 5. The average molecular weight is 816 g/mol. The van der Waals surface area contributed by atoms with Gasteiger partial charge in [0.15, 0.2) is 17.5 Å². The number of hydrogen-bond acceptors (Lipinski definition) is 4. The molecule has 0 saturated carbocycles. The first-order chi connectivity index (χ1) is 31.3. The maximum absolute atomic E-state index is 5.38. The van der Waals surface area contributed by atoms with Crippen LogP contribution in [0.3, 0.4) is 0 Å². The predicted molar refractivity (Wildman–Crippen MR) is 264 cm³/mol. The van der Waals surface area contributed by atoms with Crippen molar-refractivity contribution >= 4 is 124 Å². The Bertz CT molecular complexity index is 4550. The van der Waals surface area contributed by atoms with E-state index in [0.717, 1.165) is 33.2 Å². The van der Waals surface area contributed by atoms with E-state index in [1.54, 1.807) is 0 Å². The highest BCUT2D eigenvalue weighted by atomic mass is 32.1. The summed E-state index contributed by atoms with van der Waals surface area (Å²) in [6, 6.07) is 64.2. The normalized spacial score (nSPS) is 12.8. The Morgan fingerprint density at radius 3 is 1.78 bits per heavy atom. The van der Waals surface area contributed by atoms with Gasteiger partial charge in [0, 0.05) is 85.3 Å². The predicted octanol–water partition coefficient (Wildman–Crippen LogP) is 15.3. The number of hydrogen-bond donors (Lipinski definition) is 0. The summed E-state index contributed by atoms with van der Waals surface area (Å²) >= 11 is 1.81. The first kappa shape index (κ1) is 32.6. The lowest BCUT2D eigenvalue weighted by molar-refractivity contribution is 1.08. The molecule has 0 N–H and O–H groups in total. The summed E-state index contributed by atoms with van der Waals surface area (Å²) in [5, 5.41) is 17.7. The quantitative estimate of drug-likeness (QED) is 0.166. The topological polar surface area (TPSA) is 48.0 Å². The lowest BCUT2D eigenvalue weighted by Gasteiger charge is -2.16. The third-order valence-corrected chi connectivity index (χ3v) is 15.1. The van der Waals surface area contributed by atoms with Crippen LogP contribution in [0.2, 0.25) is 0 Å². The fraction of sp³-hybridized carbons (Fsp3) is 0. The van der Waals surface area contributed by atoms with E-state index in [-0.39, 0.29) is 0 Å². The van der Waals surface area contributed by atoms with Gasteiger partial charge in [-0.1, -0.05) is 140 Å². The largest absolute Gasteiger partial charge is 0.309 e. The van der Waals surface area contributed by atoms with Crippen LogP contribution in [0, 0.1) is 0 Å². The van der Waals surface area contributed by atoms with Crippen LogP contribution in [0.15, 0.2) is 176 Å². The first-order valence-electron chi connectivity index (χ1n) is 21.4. The number of thiophene rings is 1. The summed E-state index contributed by atoms with van der Waals surface area (Å²) in [7, 11) is 0. The molecule has 6 aromatic heterocycles. The highest BCUT2D eigenvalue weighted by Gasteiger charge is 2.29. The van der Waals surface area contributed by atoms with E-state index in [4.69, 9.17) is 15.0 Å². The highest BCUT2D eigenvalue weighted by molar-refractivity contribution is 7.25. The minimum Gasteiger partial charge on any atom is -0.309 e. The SMILES string of the molecule is c1ccc(-c2nc(-c3ccc(-n4c5ccc6ccc7ccc8c9cccc%10c%11ccc4c4c5c6c7c8n(c9%10)c%114)c4ccccc34)nc(-c3cccc4sc5ccccc5c34)n2)cc1. The minimum absolute atomic E-state index is 0.649. The average Bonchev–Trinajstić information content (AvgIpc) is 4.07. The molecular formula is C57H29N5S. The van der Waals surface area contributed by atoms with E-state index in [9.17, 15) is 0 Å². The van der Waals surface area contributed by atoms with E-state index in [1.807, 2.05) is 29.5 Å². The van der Waals surface area contributed by atoms with Crippen molar-refractivity contribution in [1.29, 1.82) is 0 Å². The number of rotatable bonds is 4. The summed E-state index contributed by atoms with van der Waals surface area (Å²) in [5.74, 6) is 1.97. The lowest BCUT2D eigenvalue weighted by atomic mass is 9.96. The van der Waals surface area contributed by atoms with Gasteiger partial charge in [-0.3, -0.25) is 0 Å². The van der Waals surface area contributed by atoms with Gasteiger partial charge in [-0.2, -0.15) is 0 Å². The van der Waals surface area contributed by atoms with Crippen molar-refractivity contribution in [1.82, 2.24) is 23.9 Å². The van der Waals surface area contributed by atoms with Crippen molar-refractivity contribution in [2.24, 2.45) is 0 Å². The van der Waals surface area contributed by atoms with Crippen LogP contribution in [0.25, 0.3) is 152 Å². The fourth-order valence-electron chi connectivity index (χ4n) is 11.5. The van der Waals surface area contributed by atoms with Crippen LogP contribution in [-0.2, 0) is 0 Å². The van der Waals surface area contributed by atoms with Crippen LogP contribution in [0.4, 0.5) is 0 Å². The smallest absolute Gasteiger partial charge is 0.164 e. The molecule has 0 fully saturated rings. The molecule has 0 saturated heterocycles. The molecule has 0 aliphatic rings. The zero-order valence-electron chi connectivity index (χ0n) is 33.4. The number of para-hydroxylation sites is 1. The molecule has 6 heteroatoms. The van der Waals surface area contributed by atoms with Crippen LogP contribution < -0.4 is 0 Å². The Balaban J connectivity index is 1.000. The van der Waals surface area contributed by atoms with Crippen LogP contribution in [0.5, 0.6) is 0 Å². The van der Waals surface area contributed by atoms with Gasteiger partial charge in [0.1, 0.15) is 0 Å². The zero-order chi connectivity index (χ0) is 40.7. The minimum atomic E-state index is 0.649. The lowest BCUT2D eigenvalue weighted by Crippen LogP contribution is -2.02. The van der Waals surface area contributed by atoms with E-state index in [1.165, 1.54) is 102 Å². The fourth-order valence-corrected chi connectivity index (χ4v) is 12.6. The summed E-state index contributed by atoms with van der Waals surface area (Å²) in [6.07, 6.45) is 0. The van der Waals surface area contributed by atoms with Gasteiger partial charge in [-0.25, -0.2) is 15.0 Å². The molecule has 0 aliphatic carbocycles. The molecule has 0 atom stereocenters. The van der Waals surface area contributed by atoms with Crippen molar-refractivity contribution in [3.63, 3.8) is 0 Å². The molecule has 6 heterocycles. The van der Waals surface area contributed by atoms with Crippen molar-refractivity contribution < 1.29 is 0 Å². The van der Waals surface area contributed by atoms with Crippen molar-refractivity contribution in [2.75, 3.05) is 0 Å². The highest BCUT2D eigenvalue weighted by Crippen LogP contribution is 2.52. The van der Waals surface area contributed by atoms with E-state index < -0.39 is 0 Å². The number of nitrogens with zero attached hydrogens (tertiary/aromatic N) is 5. The summed E-state index contributed by atoms with van der Waals surface area (Å²) in [5.41, 5.74) is 10.4. The van der Waals surface area contributed by atoms with Gasteiger partial charge in [-0.15, -0.1) is 11.3 Å². The van der Waals surface area contributed by atoms with Crippen molar-refractivity contribution in [3.05, 3.63) is 176 Å². The summed E-state index contributed by atoms with van der Waals surface area (Å²) in [4.78, 5) is 15.9. The molecule has 0 amide bonds. The number of benzene rings is 10. The molecule has 288 valence electrons. The standard InChI is InChI=1S/C57H29N5S/c1-2-10-32(11-3-1)55-58-56(60-57(59-55)41-17-9-19-46-49(41)40-14-6-7-18-45(40)63-46)39-26-28-42(34-13-5-4-12-33(34)39)61-43-27-23-30-20-21-31-22-24-37-35-15-8-16-36-38-25-29-44(61)51-50(43)47(30)48(31)53(37)62(52(35)36)54(38)51/h1-29H. The van der Waals surface area contributed by atoms with Gasteiger partial charge in [0.05, 0.1) is 33.3 Å². The van der Waals surface area contributed by atoms with Crippen LogP contribution in [0.1, 0.15) is 0 Å². The Labute approximate surface area is 361 Å². The maximum atomic E-state index is 5.38. The van der Waals surface area contributed by atoms with Crippen LogP contribution in [-0.4, -0.2) is 23.9 Å². The first-order valence-corrected chi connectivity index (χ1v) is 22.3. The van der Waals surface area contributed by atoms with Crippen molar-refractivity contribution in [2.45, 2.75) is 0 Å². The molecule has 10 aromatic carbocycles. The molecule has 0 unspecified atom stereocenters. The molecule has 0 bridgehead atoms. The second kappa shape index (κ2) is 11.4. The summed E-state index contributed by atoms with van der Waals surface area (Å²) < 4.78 is 7.59. The molecule has 16 rings (SSSR count). The second-order valence-electron chi connectivity index (χ2n) is 17.0. The van der Waals surface area contributed by atoms with E-state index in [0.29, 0.717) is 17.5 Å². The second-order valence-corrected chi connectivity index (χ2v) is 18.1. The Hall–Kier alpha value is -8.19. The molecule has 16 aromatic rings. The Morgan fingerprint density at radius 1 is 0.333 bits per heavy atom. The zero-order valence-corrected chi connectivity index (χ0v) is 34.2. The maximum Gasteiger partial charge on any atom is 0.164 e. The molecule has 0 spiro atoms. The van der Waals surface area contributed by atoms with Gasteiger partial charge in [0.25, 0.3) is 0 Å². The van der Waals surface area contributed by atoms with Gasteiger partial charge in [0.2, 0.25) is 0 Å². The molecule has 0 radical (unpaired) electrons. The van der Waals surface area contributed by atoms with E-state index >= 15 is 0 Å². The number of fused-ring (bicyclic) bond motifs is 6. The third kappa shape index (κ3) is 3.97. The van der Waals surface area contributed by atoms with Crippen molar-refractivity contribution in [3.8, 4) is 39.9 Å². The Morgan fingerprint density at radius 2 is 0.921 bits per heavy atom.